The lowest BCUT2D eigenvalue weighted by molar-refractivity contribution is 0.577. The van der Waals surface area contributed by atoms with E-state index in [9.17, 15) is 0 Å². The van der Waals surface area contributed by atoms with Crippen molar-refractivity contribution in [1.82, 2.24) is 9.97 Å². The number of fused-ring (bicyclic) bond motifs is 1. The van der Waals surface area contributed by atoms with Crippen LogP contribution in [-0.4, -0.2) is 24.1 Å². The average molecular weight is 239 g/mol. The van der Waals surface area contributed by atoms with Crippen LogP contribution in [-0.2, 0) is 0 Å². The summed E-state index contributed by atoms with van der Waals surface area (Å²) in [6.45, 7) is 0. The van der Waals surface area contributed by atoms with Crippen LogP contribution in [0.1, 0.15) is 0 Å². The van der Waals surface area contributed by atoms with Crippen molar-refractivity contribution >= 4 is 16.7 Å². The molecule has 1 aromatic carbocycles. The van der Waals surface area contributed by atoms with E-state index in [2.05, 4.69) is 9.97 Å². The molecular weight excluding hydrogens is 226 g/mol. The van der Waals surface area contributed by atoms with Crippen LogP contribution in [0.5, 0.6) is 0 Å². The zero-order valence-corrected chi connectivity index (χ0v) is 10.3. The van der Waals surface area contributed by atoms with Crippen molar-refractivity contribution in [2.75, 3.05) is 19.0 Å². The van der Waals surface area contributed by atoms with E-state index < -0.39 is 0 Å². The zero-order chi connectivity index (χ0) is 12.5. The number of anilines is 1. The quantitative estimate of drug-likeness (QED) is 0.689. The first-order valence-corrected chi connectivity index (χ1v) is 5.73. The van der Waals surface area contributed by atoms with Gasteiger partial charge >= 0.3 is 0 Å². The summed E-state index contributed by atoms with van der Waals surface area (Å²) in [4.78, 5) is 11.1. The van der Waals surface area contributed by atoms with Crippen LogP contribution >= 0.6 is 0 Å². The van der Waals surface area contributed by atoms with Crippen LogP contribution in [0, 0.1) is 0 Å². The zero-order valence-electron chi connectivity index (χ0n) is 10.3. The second-order valence-corrected chi connectivity index (χ2v) is 4.26. The number of benzene rings is 1. The average Bonchev–Trinajstić information content (AvgIpc) is 2.91. The summed E-state index contributed by atoms with van der Waals surface area (Å²) in [6.07, 6.45) is 1.63. The summed E-state index contributed by atoms with van der Waals surface area (Å²) in [5, 5.41) is 1.04. The molecule has 4 nitrogen and oxygen atoms in total. The lowest BCUT2D eigenvalue weighted by Crippen LogP contribution is -2.12. The molecule has 0 atom stereocenters. The van der Waals surface area contributed by atoms with Gasteiger partial charge in [-0.15, -0.1) is 0 Å². The lowest BCUT2D eigenvalue weighted by Gasteiger charge is -2.14. The molecule has 0 aliphatic carbocycles. The molecule has 0 fully saturated rings. The molecule has 2 heterocycles. The summed E-state index contributed by atoms with van der Waals surface area (Å²) in [5.74, 6) is 2.19. The van der Waals surface area contributed by atoms with Gasteiger partial charge in [0.05, 0.1) is 11.8 Å². The smallest absolute Gasteiger partial charge is 0.198 e. The van der Waals surface area contributed by atoms with Gasteiger partial charge in [-0.3, -0.25) is 0 Å². The van der Waals surface area contributed by atoms with Gasteiger partial charge in [0.15, 0.2) is 11.6 Å². The van der Waals surface area contributed by atoms with Crippen molar-refractivity contribution in [3.63, 3.8) is 0 Å². The van der Waals surface area contributed by atoms with Crippen molar-refractivity contribution in [2.45, 2.75) is 0 Å². The summed E-state index contributed by atoms with van der Waals surface area (Å²) >= 11 is 0. The van der Waals surface area contributed by atoms with E-state index in [4.69, 9.17) is 4.42 Å². The van der Waals surface area contributed by atoms with Crippen molar-refractivity contribution in [1.29, 1.82) is 0 Å². The molecule has 0 aliphatic rings. The highest BCUT2D eigenvalue weighted by atomic mass is 16.3. The van der Waals surface area contributed by atoms with Gasteiger partial charge in [-0.2, -0.15) is 0 Å². The fourth-order valence-corrected chi connectivity index (χ4v) is 1.92. The third-order valence-corrected chi connectivity index (χ3v) is 2.75. The molecule has 0 unspecified atom stereocenters. The van der Waals surface area contributed by atoms with Crippen molar-refractivity contribution in [3.8, 4) is 11.6 Å². The highest BCUT2D eigenvalue weighted by molar-refractivity contribution is 5.90. The largest absolute Gasteiger partial charge is 0.461 e. The highest BCUT2D eigenvalue weighted by Gasteiger charge is 2.11. The number of nitrogens with zero attached hydrogens (tertiary/aromatic N) is 3. The molecule has 0 spiro atoms. The number of hydrogen-bond donors (Lipinski definition) is 0. The minimum Gasteiger partial charge on any atom is -0.461 e. The Morgan fingerprint density at radius 1 is 1.00 bits per heavy atom. The molecule has 2 aromatic heterocycles. The number of hydrogen-bond acceptors (Lipinski definition) is 4. The standard InChI is InChI=1S/C14H13N3O/c1-17(2)14-10-6-3-4-7-11(10)15-13(16-14)12-8-5-9-18-12/h3-9H,1-2H3. The van der Waals surface area contributed by atoms with Crippen molar-refractivity contribution < 1.29 is 4.42 Å². The van der Waals surface area contributed by atoms with Crippen LogP contribution < -0.4 is 4.90 Å². The third kappa shape index (κ3) is 1.72. The second kappa shape index (κ2) is 4.14. The van der Waals surface area contributed by atoms with Crippen LogP contribution in [0.25, 0.3) is 22.5 Å². The van der Waals surface area contributed by atoms with E-state index in [1.54, 1.807) is 6.26 Å². The first-order valence-electron chi connectivity index (χ1n) is 5.73. The summed E-state index contributed by atoms with van der Waals surface area (Å²) in [7, 11) is 3.95. The van der Waals surface area contributed by atoms with Gasteiger partial charge in [0.2, 0.25) is 0 Å². The summed E-state index contributed by atoms with van der Waals surface area (Å²) < 4.78 is 5.36. The van der Waals surface area contributed by atoms with Gasteiger partial charge in [-0.05, 0) is 24.3 Å². The Labute approximate surface area is 105 Å². The number of para-hydroxylation sites is 1. The Bertz CT molecular complexity index is 675. The number of furan rings is 1. The molecule has 4 heteroatoms. The van der Waals surface area contributed by atoms with Gasteiger partial charge in [0, 0.05) is 19.5 Å². The first-order chi connectivity index (χ1) is 8.75. The number of rotatable bonds is 2. The molecule has 0 aliphatic heterocycles. The topological polar surface area (TPSA) is 42.2 Å². The Morgan fingerprint density at radius 2 is 1.83 bits per heavy atom. The first kappa shape index (κ1) is 10.8. The van der Waals surface area contributed by atoms with E-state index in [-0.39, 0.29) is 0 Å². The predicted molar refractivity (Wildman–Crippen MR) is 71.6 cm³/mol. The Hall–Kier alpha value is -2.36. The SMILES string of the molecule is CN(C)c1nc(-c2ccco2)nc2ccccc12. The molecule has 18 heavy (non-hydrogen) atoms. The Kier molecular flexibility index (Phi) is 2.48. The van der Waals surface area contributed by atoms with Crippen LogP contribution in [0.3, 0.4) is 0 Å². The molecule has 0 saturated heterocycles. The van der Waals surface area contributed by atoms with E-state index >= 15 is 0 Å². The van der Waals surface area contributed by atoms with Crippen molar-refractivity contribution in [3.05, 3.63) is 42.7 Å². The van der Waals surface area contributed by atoms with Gasteiger partial charge in [0.25, 0.3) is 0 Å². The van der Waals surface area contributed by atoms with Crippen LogP contribution in [0.4, 0.5) is 5.82 Å². The van der Waals surface area contributed by atoms with E-state index in [1.165, 1.54) is 0 Å². The third-order valence-electron chi connectivity index (χ3n) is 2.75. The maximum absolute atomic E-state index is 5.36. The van der Waals surface area contributed by atoms with Crippen LogP contribution in [0.15, 0.2) is 47.1 Å². The Morgan fingerprint density at radius 3 is 2.56 bits per heavy atom. The van der Waals surface area contributed by atoms with E-state index in [0.29, 0.717) is 11.6 Å². The Balaban J connectivity index is 2.30. The van der Waals surface area contributed by atoms with E-state index in [1.807, 2.05) is 55.4 Å². The fraction of sp³-hybridized carbons (Fsp3) is 0.143. The minimum absolute atomic E-state index is 0.613. The molecule has 0 amide bonds. The van der Waals surface area contributed by atoms with Crippen LogP contribution in [0.2, 0.25) is 0 Å². The minimum atomic E-state index is 0.613. The summed E-state index contributed by atoms with van der Waals surface area (Å²) in [6, 6.07) is 11.7. The molecule has 3 aromatic rings. The van der Waals surface area contributed by atoms with Gasteiger partial charge < -0.3 is 9.32 Å². The molecule has 0 bridgehead atoms. The highest BCUT2D eigenvalue weighted by Crippen LogP contribution is 2.26. The normalized spacial score (nSPS) is 10.8. The maximum Gasteiger partial charge on any atom is 0.198 e. The molecular formula is C14H13N3O. The molecule has 0 N–H and O–H groups in total. The fourth-order valence-electron chi connectivity index (χ4n) is 1.92. The maximum atomic E-state index is 5.36. The molecule has 0 saturated carbocycles. The second-order valence-electron chi connectivity index (χ2n) is 4.26. The molecule has 0 radical (unpaired) electrons. The predicted octanol–water partition coefficient (Wildman–Crippen LogP) is 2.96. The monoisotopic (exact) mass is 239 g/mol. The van der Waals surface area contributed by atoms with Gasteiger partial charge in [-0.1, -0.05) is 12.1 Å². The van der Waals surface area contributed by atoms with Crippen molar-refractivity contribution in [2.24, 2.45) is 0 Å². The van der Waals surface area contributed by atoms with E-state index in [0.717, 1.165) is 16.7 Å². The number of aromatic nitrogens is 2. The lowest BCUT2D eigenvalue weighted by atomic mass is 10.2. The summed E-state index contributed by atoms with van der Waals surface area (Å²) in [5.41, 5.74) is 0.919. The molecule has 3 rings (SSSR count). The van der Waals surface area contributed by atoms with Gasteiger partial charge in [-0.25, -0.2) is 9.97 Å². The molecule has 90 valence electrons. The van der Waals surface area contributed by atoms with Gasteiger partial charge in [0.1, 0.15) is 5.82 Å².